The second-order valence-corrected chi connectivity index (χ2v) is 5.90. The molecule has 0 amide bonds. The van der Waals surface area contributed by atoms with Crippen molar-refractivity contribution in [3.05, 3.63) is 6.92 Å². The molecule has 1 radical (unpaired) electrons. The van der Waals surface area contributed by atoms with Crippen molar-refractivity contribution in [1.29, 1.82) is 0 Å². The fourth-order valence-electron chi connectivity index (χ4n) is 1.72. The number of hydrogen-bond acceptors (Lipinski definition) is 0. The maximum absolute atomic E-state index is 13.3. The van der Waals surface area contributed by atoms with Gasteiger partial charge in [-0.05, 0) is 6.92 Å². The molecule has 0 heterocycles. The van der Waals surface area contributed by atoms with Crippen molar-refractivity contribution in [3.8, 4) is 0 Å². The van der Waals surface area contributed by atoms with E-state index in [0.717, 1.165) is 0 Å². The van der Waals surface area contributed by atoms with E-state index >= 15 is 0 Å². The highest BCUT2D eigenvalue weighted by Crippen LogP contribution is 2.65. The number of hydrogen-bond donors (Lipinski definition) is 0. The average Bonchev–Trinajstić information content (AvgIpc) is 2.59. The maximum Gasteiger partial charge on any atom is 0.385 e. The summed E-state index contributed by atoms with van der Waals surface area (Å²) in [5, 5.41) is 0. The van der Waals surface area contributed by atoms with Gasteiger partial charge in [0.15, 0.2) is 0 Å². The summed E-state index contributed by atoms with van der Waals surface area (Å²) < 4.78 is 259. The standard InChI is InChI=1S/C12H5F20/c1-2-4(15,16)6(19,20)8(23,24)10(27,28)12(31,32)11(29,30)9(25,26)7(21,22)5(17,18)3(13)14/h3H,1-2H2. The first-order valence-electron chi connectivity index (χ1n) is 6.98. The molecule has 0 aromatic heterocycles. The van der Waals surface area contributed by atoms with Crippen LogP contribution in [0.25, 0.3) is 0 Å². The smallest absolute Gasteiger partial charge is 0.203 e. The highest BCUT2D eigenvalue weighted by molar-refractivity contribution is 5.17. The van der Waals surface area contributed by atoms with Crippen LogP contribution in [-0.4, -0.2) is 59.7 Å². The Morgan fingerprint density at radius 3 is 0.844 bits per heavy atom. The van der Waals surface area contributed by atoms with Gasteiger partial charge in [0.05, 0.1) is 0 Å². The van der Waals surface area contributed by atoms with E-state index in [1.54, 1.807) is 0 Å². The molecule has 0 aliphatic carbocycles. The lowest BCUT2D eigenvalue weighted by atomic mass is 9.86. The van der Waals surface area contributed by atoms with Gasteiger partial charge in [0.1, 0.15) is 0 Å². The summed E-state index contributed by atoms with van der Waals surface area (Å²) in [7, 11) is 0. The van der Waals surface area contributed by atoms with Crippen molar-refractivity contribution in [1.82, 2.24) is 0 Å². The number of rotatable bonds is 10. The topological polar surface area (TPSA) is 0 Å². The van der Waals surface area contributed by atoms with Crippen LogP contribution in [0.3, 0.4) is 0 Å². The van der Waals surface area contributed by atoms with E-state index < -0.39 is 66.1 Å². The van der Waals surface area contributed by atoms with Gasteiger partial charge in [-0.1, -0.05) is 0 Å². The molecule has 0 saturated heterocycles. The molecular weight excluding hydrogens is 524 g/mol. The zero-order chi connectivity index (χ0) is 26.8. The van der Waals surface area contributed by atoms with Crippen LogP contribution in [0.15, 0.2) is 0 Å². The third kappa shape index (κ3) is 3.44. The van der Waals surface area contributed by atoms with E-state index in [1.807, 2.05) is 6.92 Å². The van der Waals surface area contributed by atoms with Crippen LogP contribution < -0.4 is 0 Å². The third-order valence-corrected chi connectivity index (χ3v) is 3.83. The molecule has 0 aliphatic rings. The predicted octanol–water partition coefficient (Wildman–Crippen LogP) is 7.19. The minimum Gasteiger partial charge on any atom is -0.203 e. The Labute approximate surface area is 162 Å². The Hall–Kier alpha value is -1.40. The summed E-state index contributed by atoms with van der Waals surface area (Å²) in [4.78, 5) is 0. The van der Waals surface area contributed by atoms with Crippen LogP contribution in [-0.2, 0) is 0 Å². The van der Waals surface area contributed by atoms with Gasteiger partial charge < -0.3 is 0 Å². The van der Waals surface area contributed by atoms with Crippen LogP contribution in [0.5, 0.6) is 0 Å². The molecule has 0 fully saturated rings. The molecule has 0 nitrogen and oxygen atoms in total. The lowest BCUT2D eigenvalue weighted by Crippen LogP contribution is -2.76. The van der Waals surface area contributed by atoms with Crippen molar-refractivity contribution in [2.45, 2.75) is 66.1 Å². The van der Waals surface area contributed by atoms with E-state index in [1.165, 1.54) is 0 Å². The molecule has 193 valence electrons. The first-order valence-corrected chi connectivity index (χ1v) is 6.98. The third-order valence-electron chi connectivity index (χ3n) is 3.83. The van der Waals surface area contributed by atoms with Gasteiger partial charge in [-0.15, -0.1) is 0 Å². The average molecular weight is 529 g/mol. The first kappa shape index (κ1) is 30.6. The lowest BCUT2D eigenvalue weighted by Gasteiger charge is -2.44. The summed E-state index contributed by atoms with van der Waals surface area (Å²) >= 11 is 0. The lowest BCUT2D eigenvalue weighted by molar-refractivity contribution is -0.465. The fraction of sp³-hybridized carbons (Fsp3) is 0.917. The quantitative estimate of drug-likeness (QED) is 0.263. The number of alkyl halides is 20. The Bertz CT molecular complexity index is 672. The summed E-state index contributed by atoms with van der Waals surface area (Å²) in [6.07, 6.45) is -8.91. The van der Waals surface area contributed by atoms with Crippen LogP contribution >= 0.6 is 0 Å². The van der Waals surface area contributed by atoms with Gasteiger partial charge in [0.2, 0.25) is 0 Å². The molecule has 0 saturated carbocycles. The molecule has 20 heteroatoms. The van der Waals surface area contributed by atoms with E-state index in [-0.39, 0.29) is 0 Å². The van der Waals surface area contributed by atoms with Gasteiger partial charge >= 0.3 is 59.7 Å². The van der Waals surface area contributed by atoms with Gasteiger partial charge in [-0.25, -0.2) is 8.78 Å². The highest BCUT2D eigenvalue weighted by atomic mass is 19.4. The van der Waals surface area contributed by atoms with Crippen LogP contribution in [0, 0.1) is 6.92 Å². The van der Waals surface area contributed by atoms with Crippen molar-refractivity contribution in [2.75, 3.05) is 0 Å². The molecule has 0 atom stereocenters. The SMILES string of the molecule is [CH2]CC(F)(F)C(F)(F)C(F)(F)C(F)(F)C(F)(F)C(F)(F)C(F)(F)C(F)(F)C(F)(F)C(F)F. The Morgan fingerprint density at radius 1 is 0.406 bits per heavy atom. The zero-order valence-corrected chi connectivity index (χ0v) is 14.1. The summed E-state index contributed by atoms with van der Waals surface area (Å²) in [5.74, 6) is -74.5. The minimum absolute atomic E-state index is 1.83. The van der Waals surface area contributed by atoms with Crippen LogP contribution in [0.1, 0.15) is 6.42 Å². The second-order valence-electron chi connectivity index (χ2n) is 5.90. The van der Waals surface area contributed by atoms with Crippen molar-refractivity contribution in [3.63, 3.8) is 0 Å². The summed E-state index contributed by atoms with van der Waals surface area (Å²) in [6, 6.07) is 0. The summed E-state index contributed by atoms with van der Waals surface area (Å²) in [6.45, 7) is 1.83. The van der Waals surface area contributed by atoms with Gasteiger partial charge in [-0.2, -0.15) is 79.0 Å². The summed E-state index contributed by atoms with van der Waals surface area (Å²) in [5.41, 5.74) is 0. The molecule has 0 aromatic carbocycles. The molecule has 0 N–H and O–H groups in total. The van der Waals surface area contributed by atoms with Gasteiger partial charge in [0, 0.05) is 6.42 Å². The Balaban J connectivity index is 6.95. The molecule has 0 unspecified atom stereocenters. The fourth-order valence-corrected chi connectivity index (χ4v) is 1.72. The Kier molecular flexibility index (Phi) is 7.23. The van der Waals surface area contributed by atoms with E-state index in [2.05, 4.69) is 0 Å². The second kappa shape index (κ2) is 7.56. The van der Waals surface area contributed by atoms with Crippen LogP contribution in [0.4, 0.5) is 87.8 Å². The molecule has 32 heavy (non-hydrogen) atoms. The largest absolute Gasteiger partial charge is 0.385 e. The van der Waals surface area contributed by atoms with Crippen molar-refractivity contribution >= 4 is 0 Å². The normalized spacial score (nSPS) is 16.7. The zero-order valence-electron chi connectivity index (χ0n) is 14.1. The molecule has 0 spiro atoms. The minimum atomic E-state index is -8.96. The first-order chi connectivity index (χ1) is 13.5. The van der Waals surface area contributed by atoms with E-state index in [4.69, 9.17) is 0 Å². The molecule has 0 aliphatic heterocycles. The van der Waals surface area contributed by atoms with Crippen molar-refractivity contribution < 1.29 is 87.8 Å². The van der Waals surface area contributed by atoms with Gasteiger partial charge in [0.25, 0.3) is 0 Å². The molecule has 0 aromatic rings. The molecular formula is C12H5F20. The predicted molar refractivity (Wildman–Crippen MR) is 60.5 cm³/mol. The molecule has 0 bridgehead atoms. The number of halogens is 20. The van der Waals surface area contributed by atoms with Crippen molar-refractivity contribution in [2.24, 2.45) is 0 Å². The van der Waals surface area contributed by atoms with Crippen LogP contribution in [0.2, 0.25) is 0 Å². The Morgan fingerprint density at radius 2 is 0.625 bits per heavy atom. The monoisotopic (exact) mass is 529 g/mol. The highest BCUT2D eigenvalue weighted by Gasteiger charge is 2.96. The van der Waals surface area contributed by atoms with Gasteiger partial charge in [-0.3, -0.25) is 0 Å². The van der Waals surface area contributed by atoms with E-state index in [9.17, 15) is 87.8 Å². The molecule has 0 rings (SSSR count). The maximum atomic E-state index is 13.3. The van der Waals surface area contributed by atoms with E-state index in [0.29, 0.717) is 0 Å².